The molecule has 1 aromatic carbocycles. The van der Waals surface area contributed by atoms with Gasteiger partial charge in [0.2, 0.25) is 0 Å². The van der Waals surface area contributed by atoms with Gasteiger partial charge in [-0.2, -0.15) is 0 Å². The van der Waals surface area contributed by atoms with Gasteiger partial charge in [0.05, 0.1) is 0 Å². The van der Waals surface area contributed by atoms with Crippen LogP contribution >= 0.6 is 11.6 Å². The van der Waals surface area contributed by atoms with Crippen LogP contribution in [0.1, 0.15) is 63.6 Å². The molecule has 0 heterocycles. The minimum absolute atomic E-state index is 0.459. The summed E-state index contributed by atoms with van der Waals surface area (Å²) in [6.45, 7) is 10.0. The van der Waals surface area contributed by atoms with E-state index in [1.165, 1.54) is 36.8 Å². The summed E-state index contributed by atoms with van der Waals surface area (Å²) < 4.78 is 0. The molecule has 0 saturated heterocycles. The molecule has 1 unspecified atom stereocenters. The monoisotopic (exact) mass is 307 g/mol. The van der Waals surface area contributed by atoms with E-state index in [2.05, 4.69) is 51.2 Å². The van der Waals surface area contributed by atoms with Gasteiger partial charge in [-0.05, 0) is 74.1 Å². The summed E-state index contributed by atoms with van der Waals surface area (Å²) in [5, 5.41) is 4.60. The van der Waals surface area contributed by atoms with E-state index in [4.69, 9.17) is 11.6 Å². The topological polar surface area (TPSA) is 12.0 Å². The summed E-state index contributed by atoms with van der Waals surface area (Å²) in [6.07, 6.45) is 5.44. The molecule has 2 heteroatoms. The van der Waals surface area contributed by atoms with Crippen LogP contribution in [0, 0.1) is 24.7 Å². The van der Waals surface area contributed by atoms with Crippen molar-refractivity contribution >= 4 is 11.6 Å². The number of hydrogen-bond donors (Lipinski definition) is 1. The molecule has 1 aliphatic rings. The van der Waals surface area contributed by atoms with Crippen molar-refractivity contribution in [2.75, 3.05) is 6.54 Å². The van der Waals surface area contributed by atoms with Gasteiger partial charge in [0.15, 0.2) is 0 Å². The zero-order chi connectivity index (χ0) is 15.4. The fourth-order valence-corrected chi connectivity index (χ4v) is 3.91. The van der Waals surface area contributed by atoms with Gasteiger partial charge in [0, 0.05) is 11.1 Å². The first kappa shape index (κ1) is 16.8. The van der Waals surface area contributed by atoms with Crippen LogP contribution in [-0.2, 0) is 0 Å². The average molecular weight is 308 g/mol. The van der Waals surface area contributed by atoms with Crippen LogP contribution in [0.2, 0.25) is 5.02 Å². The number of halogens is 1. The van der Waals surface area contributed by atoms with Crippen LogP contribution in [0.25, 0.3) is 0 Å². The molecule has 0 bridgehead atoms. The Morgan fingerprint density at radius 1 is 1.14 bits per heavy atom. The Bertz CT molecular complexity index is 447. The molecule has 21 heavy (non-hydrogen) atoms. The highest BCUT2D eigenvalue weighted by molar-refractivity contribution is 6.31. The number of rotatable bonds is 5. The third-order valence-corrected chi connectivity index (χ3v) is 5.62. The van der Waals surface area contributed by atoms with Gasteiger partial charge in [0.1, 0.15) is 0 Å². The molecule has 2 rings (SSSR count). The number of aryl methyl sites for hydroxylation is 1. The molecule has 1 nitrogen and oxygen atoms in total. The average Bonchev–Trinajstić information content (AvgIpc) is 2.48. The zero-order valence-corrected chi connectivity index (χ0v) is 14.7. The van der Waals surface area contributed by atoms with E-state index in [1.807, 2.05) is 0 Å². The summed E-state index contributed by atoms with van der Waals surface area (Å²) >= 11 is 6.33. The van der Waals surface area contributed by atoms with Crippen LogP contribution in [0.4, 0.5) is 0 Å². The molecule has 1 atom stereocenters. The first-order valence-corrected chi connectivity index (χ1v) is 8.90. The molecule has 0 aromatic heterocycles. The van der Waals surface area contributed by atoms with Crippen LogP contribution in [0.5, 0.6) is 0 Å². The number of nitrogens with one attached hydrogen (secondary N) is 1. The van der Waals surface area contributed by atoms with Gasteiger partial charge >= 0.3 is 0 Å². The van der Waals surface area contributed by atoms with Gasteiger partial charge in [-0.3, -0.25) is 0 Å². The third kappa shape index (κ3) is 4.23. The minimum atomic E-state index is 0.459. The lowest BCUT2D eigenvalue weighted by Crippen LogP contribution is -2.31. The van der Waals surface area contributed by atoms with Crippen molar-refractivity contribution in [3.63, 3.8) is 0 Å². The van der Waals surface area contributed by atoms with Crippen LogP contribution < -0.4 is 5.32 Å². The highest BCUT2D eigenvalue weighted by atomic mass is 35.5. The first-order chi connectivity index (χ1) is 10.0. The molecular formula is C19H30ClN. The Morgan fingerprint density at radius 2 is 1.76 bits per heavy atom. The second-order valence-corrected chi connectivity index (χ2v) is 7.37. The SMILES string of the molecule is CCNC(c1ccc(C)c(Cl)c1)C1CCC(C(C)C)CC1. The summed E-state index contributed by atoms with van der Waals surface area (Å²) in [5.41, 5.74) is 2.53. The molecule has 0 radical (unpaired) electrons. The predicted molar refractivity (Wildman–Crippen MR) is 92.9 cm³/mol. The molecule has 1 aliphatic carbocycles. The van der Waals surface area contributed by atoms with Crippen LogP contribution in [0.15, 0.2) is 18.2 Å². The zero-order valence-electron chi connectivity index (χ0n) is 14.0. The van der Waals surface area contributed by atoms with Gasteiger partial charge in [-0.15, -0.1) is 0 Å². The number of hydrogen-bond acceptors (Lipinski definition) is 1. The summed E-state index contributed by atoms with van der Waals surface area (Å²) in [6, 6.07) is 7.03. The predicted octanol–water partition coefficient (Wildman–Crippen LogP) is 5.76. The van der Waals surface area contributed by atoms with Crippen molar-refractivity contribution in [3.05, 3.63) is 34.3 Å². The smallest absolute Gasteiger partial charge is 0.0438 e. The molecule has 1 fully saturated rings. The molecule has 0 amide bonds. The van der Waals surface area contributed by atoms with Crippen molar-refractivity contribution in [1.29, 1.82) is 0 Å². The van der Waals surface area contributed by atoms with E-state index < -0.39 is 0 Å². The largest absolute Gasteiger partial charge is 0.310 e. The normalized spacial score (nSPS) is 24.3. The van der Waals surface area contributed by atoms with Crippen molar-refractivity contribution < 1.29 is 0 Å². The molecule has 0 spiro atoms. The molecule has 1 aromatic rings. The van der Waals surface area contributed by atoms with Crippen LogP contribution in [-0.4, -0.2) is 6.54 Å². The van der Waals surface area contributed by atoms with Crippen molar-refractivity contribution in [2.24, 2.45) is 17.8 Å². The quantitative estimate of drug-likeness (QED) is 0.729. The Kier molecular flexibility index (Phi) is 6.13. The molecule has 118 valence electrons. The molecule has 0 aliphatic heterocycles. The maximum Gasteiger partial charge on any atom is 0.0438 e. The molecule has 1 N–H and O–H groups in total. The van der Waals surface area contributed by atoms with Crippen molar-refractivity contribution in [1.82, 2.24) is 5.32 Å². The Morgan fingerprint density at radius 3 is 2.29 bits per heavy atom. The fraction of sp³-hybridized carbons (Fsp3) is 0.684. The van der Waals surface area contributed by atoms with E-state index in [1.54, 1.807) is 0 Å². The molecule has 1 saturated carbocycles. The Labute approximate surface area is 135 Å². The van der Waals surface area contributed by atoms with Crippen molar-refractivity contribution in [3.8, 4) is 0 Å². The maximum atomic E-state index is 6.33. The Balaban J connectivity index is 2.10. The Hall–Kier alpha value is -0.530. The van der Waals surface area contributed by atoms with Crippen molar-refractivity contribution in [2.45, 2.75) is 59.4 Å². The summed E-state index contributed by atoms with van der Waals surface area (Å²) in [4.78, 5) is 0. The van der Waals surface area contributed by atoms with Gasteiger partial charge in [-0.25, -0.2) is 0 Å². The van der Waals surface area contributed by atoms with Gasteiger partial charge < -0.3 is 5.32 Å². The van der Waals surface area contributed by atoms with E-state index in [9.17, 15) is 0 Å². The fourth-order valence-electron chi connectivity index (χ4n) is 3.72. The highest BCUT2D eigenvalue weighted by Gasteiger charge is 2.29. The second-order valence-electron chi connectivity index (χ2n) is 6.96. The lowest BCUT2D eigenvalue weighted by atomic mass is 9.73. The van der Waals surface area contributed by atoms with E-state index in [0.29, 0.717) is 6.04 Å². The third-order valence-electron chi connectivity index (χ3n) is 5.21. The highest BCUT2D eigenvalue weighted by Crippen LogP contribution is 2.39. The number of benzene rings is 1. The second kappa shape index (κ2) is 7.65. The summed E-state index contributed by atoms with van der Waals surface area (Å²) in [5.74, 6) is 2.50. The lowest BCUT2D eigenvalue weighted by Gasteiger charge is -2.36. The van der Waals surface area contributed by atoms with E-state index in [-0.39, 0.29) is 0 Å². The minimum Gasteiger partial charge on any atom is -0.310 e. The lowest BCUT2D eigenvalue weighted by molar-refractivity contribution is 0.190. The van der Waals surface area contributed by atoms with Gasteiger partial charge in [-0.1, -0.05) is 44.5 Å². The first-order valence-electron chi connectivity index (χ1n) is 8.52. The van der Waals surface area contributed by atoms with E-state index >= 15 is 0 Å². The van der Waals surface area contributed by atoms with Gasteiger partial charge in [0.25, 0.3) is 0 Å². The van der Waals surface area contributed by atoms with Crippen LogP contribution in [0.3, 0.4) is 0 Å². The standard InChI is InChI=1S/C19H30ClN/c1-5-21-19(17-7-6-14(4)18(20)12-17)16-10-8-15(9-11-16)13(2)3/h6-7,12-13,15-16,19,21H,5,8-11H2,1-4H3. The maximum absolute atomic E-state index is 6.33. The van der Waals surface area contributed by atoms with E-state index in [0.717, 1.165) is 29.3 Å². The summed E-state index contributed by atoms with van der Waals surface area (Å²) in [7, 11) is 0. The molecular weight excluding hydrogens is 278 g/mol.